The molecule has 1 atom stereocenters. The predicted molar refractivity (Wildman–Crippen MR) is 109 cm³/mol. The molecule has 2 aliphatic rings. The van der Waals surface area contributed by atoms with Crippen LogP contribution in [0.5, 0.6) is 0 Å². The monoisotopic (exact) mass is 460 g/mol. The zero-order valence-electron chi connectivity index (χ0n) is 15.1. The van der Waals surface area contributed by atoms with Gasteiger partial charge in [-0.25, -0.2) is 9.97 Å². The Bertz CT molecular complexity index is 556. The Morgan fingerprint density at radius 2 is 2.16 bits per heavy atom. The number of aryl methyl sites for hydroxylation is 1. The zero-order chi connectivity index (χ0) is 16.8. The number of nitrogens with zero attached hydrogens (tertiary/aromatic N) is 5. The third-order valence-electron chi connectivity index (χ3n) is 4.69. The van der Waals surface area contributed by atoms with E-state index >= 15 is 0 Å². The van der Waals surface area contributed by atoms with Crippen molar-refractivity contribution in [2.45, 2.75) is 19.9 Å². The third-order valence-corrected chi connectivity index (χ3v) is 4.69. The largest absolute Gasteiger partial charge is 0.381 e. The van der Waals surface area contributed by atoms with E-state index < -0.39 is 0 Å². The minimum atomic E-state index is 0. The Kier molecular flexibility index (Phi) is 8.31. The molecule has 8 heteroatoms. The fraction of sp³-hybridized carbons (Fsp3) is 0.706. The molecule has 1 N–H and O–H groups in total. The molecule has 3 heterocycles. The molecule has 0 radical (unpaired) electrons. The molecule has 0 amide bonds. The molecule has 7 nitrogen and oxygen atoms in total. The van der Waals surface area contributed by atoms with Gasteiger partial charge in [-0.3, -0.25) is 9.89 Å². The summed E-state index contributed by atoms with van der Waals surface area (Å²) in [5.74, 6) is 2.47. The number of halogens is 1. The van der Waals surface area contributed by atoms with Gasteiger partial charge in [-0.1, -0.05) is 0 Å². The topological polar surface area (TPSA) is 65.9 Å². The van der Waals surface area contributed by atoms with E-state index in [2.05, 4.69) is 30.1 Å². The second-order valence-corrected chi connectivity index (χ2v) is 6.51. The van der Waals surface area contributed by atoms with E-state index in [9.17, 15) is 0 Å². The molecular weight excluding hydrogens is 431 g/mol. The predicted octanol–water partition coefficient (Wildman–Crippen LogP) is 1.13. The van der Waals surface area contributed by atoms with E-state index in [1.165, 1.54) is 13.0 Å². The van der Waals surface area contributed by atoms with Crippen LogP contribution < -0.4 is 5.32 Å². The number of ether oxygens (including phenoxy) is 1. The van der Waals surface area contributed by atoms with Crippen molar-refractivity contribution in [3.05, 3.63) is 23.8 Å². The van der Waals surface area contributed by atoms with Crippen LogP contribution in [0.3, 0.4) is 0 Å². The summed E-state index contributed by atoms with van der Waals surface area (Å²) in [5, 5.41) is 3.42. The van der Waals surface area contributed by atoms with Gasteiger partial charge in [0, 0.05) is 52.6 Å². The number of aromatic nitrogens is 2. The minimum absolute atomic E-state index is 0. The summed E-state index contributed by atoms with van der Waals surface area (Å²) < 4.78 is 5.48. The number of aliphatic imine (C=N–C) groups is 1. The average molecular weight is 460 g/mol. The number of hydrogen-bond acceptors (Lipinski definition) is 5. The van der Waals surface area contributed by atoms with Crippen LogP contribution in [-0.4, -0.2) is 78.7 Å². The highest BCUT2D eigenvalue weighted by molar-refractivity contribution is 14.0. The number of rotatable bonds is 4. The molecule has 1 aromatic heterocycles. The Balaban J connectivity index is 0.00000225. The number of nitrogens with one attached hydrogen (secondary N) is 1. The normalized spacial score (nSPS) is 21.9. The molecule has 3 rings (SSSR count). The molecule has 0 aliphatic carbocycles. The van der Waals surface area contributed by atoms with Gasteiger partial charge in [-0.05, 0) is 25.3 Å². The van der Waals surface area contributed by atoms with Crippen molar-refractivity contribution in [2.75, 3.05) is 53.0 Å². The molecular formula is C17H29IN6O. The van der Waals surface area contributed by atoms with E-state index in [1.807, 2.05) is 20.0 Å². The lowest BCUT2D eigenvalue weighted by atomic mass is 10.1. The highest BCUT2D eigenvalue weighted by Gasteiger charge is 2.23. The molecule has 0 spiro atoms. The number of piperazine rings is 1. The van der Waals surface area contributed by atoms with Crippen molar-refractivity contribution in [3.8, 4) is 0 Å². The molecule has 140 valence electrons. The fourth-order valence-electron chi connectivity index (χ4n) is 3.34. The van der Waals surface area contributed by atoms with Crippen LogP contribution in [-0.2, 0) is 11.3 Å². The van der Waals surface area contributed by atoms with Crippen molar-refractivity contribution < 1.29 is 4.74 Å². The number of hydrogen-bond donors (Lipinski definition) is 1. The molecule has 0 saturated carbocycles. The lowest BCUT2D eigenvalue weighted by molar-refractivity contribution is 0.139. The van der Waals surface area contributed by atoms with Crippen LogP contribution in [0.4, 0.5) is 0 Å². The maximum absolute atomic E-state index is 5.48. The lowest BCUT2D eigenvalue weighted by Gasteiger charge is -2.37. The second kappa shape index (κ2) is 10.2. The average Bonchev–Trinajstić information content (AvgIpc) is 3.10. The van der Waals surface area contributed by atoms with E-state index in [0.717, 1.165) is 62.8 Å². The first kappa shape index (κ1) is 20.3. The molecule has 0 bridgehead atoms. The van der Waals surface area contributed by atoms with Crippen LogP contribution in [0, 0.1) is 12.8 Å². The Labute approximate surface area is 167 Å². The van der Waals surface area contributed by atoms with Gasteiger partial charge >= 0.3 is 0 Å². The van der Waals surface area contributed by atoms with Gasteiger partial charge in [0.05, 0.1) is 18.8 Å². The van der Waals surface area contributed by atoms with Gasteiger partial charge < -0.3 is 15.0 Å². The first-order valence-corrected chi connectivity index (χ1v) is 8.79. The lowest BCUT2D eigenvalue weighted by Crippen LogP contribution is -2.53. The third kappa shape index (κ3) is 6.03. The summed E-state index contributed by atoms with van der Waals surface area (Å²) in [4.78, 5) is 17.9. The summed E-state index contributed by atoms with van der Waals surface area (Å²) in [6.45, 7) is 9.81. The number of guanidine groups is 1. The summed E-state index contributed by atoms with van der Waals surface area (Å²) in [5.41, 5.74) is 0.989. The highest BCUT2D eigenvalue weighted by Crippen LogP contribution is 2.15. The zero-order valence-corrected chi connectivity index (χ0v) is 17.5. The summed E-state index contributed by atoms with van der Waals surface area (Å²) >= 11 is 0. The standard InChI is InChI=1S/C17H28N6O.HI/c1-14-19-5-3-16(21-14)11-20-17(18-2)23-8-6-22(7-9-23)12-15-4-10-24-13-15;/h3,5,15H,4,6-13H2,1-2H3,(H,18,20);1H. The first-order valence-electron chi connectivity index (χ1n) is 8.79. The summed E-state index contributed by atoms with van der Waals surface area (Å²) in [6.07, 6.45) is 3.01. The van der Waals surface area contributed by atoms with E-state index in [4.69, 9.17) is 4.74 Å². The summed E-state index contributed by atoms with van der Waals surface area (Å²) in [6, 6.07) is 1.94. The van der Waals surface area contributed by atoms with Crippen molar-refractivity contribution in [3.63, 3.8) is 0 Å². The van der Waals surface area contributed by atoms with Crippen LogP contribution in [0.15, 0.2) is 17.3 Å². The molecule has 2 fully saturated rings. The van der Waals surface area contributed by atoms with Gasteiger partial charge in [0.25, 0.3) is 0 Å². The smallest absolute Gasteiger partial charge is 0.194 e. The van der Waals surface area contributed by atoms with E-state index in [1.54, 1.807) is 6.20 Å². The quantitative estimate of drug-likeness (QED) is 0.413. The first-order chi connectivity index (χ1) is 11.7. The second-order valence-electron chi connectivity index (χ2n) is 6.51. The SMILES string of the molecule is CN=C(NCc1ccnc(C)n1)N1CCN(CC2CCOC2)CC1.I. The molecule has 25 heavy (non-hydrogen) atoms. The van der Waals surface area contributed by atoms with Crippen LogP contribution in [0.2, 0.25) is 0 Å². The van der Waals surface area contributed by atoms with Crippen molar-refractivity contribution in [2.24, 2.45) is 10.9 Å². The van der Waals surface area contributed by atoms with E-state index in [-0.39, 0.29) is 24.0 Å². The van der Waals surface area contributed by atoms with Gasteiger partial charge in [0.15, 0.2) is 5.96 Å². The van der Waals surface area contributed by atoms with Gasteiger partial charge in [-0.2, -0.15) is 0 Å². The Morgan fingerprint density at radius 1 is 1.36 bits per heavy atom. The molecule has 1 unspecified atom stereocenters. The van der Waals surface area contributed by atoms with Crippen molar-refractivity contribution in [1.29, 1.82) is 0 Å². The molecule has 1 aromatic rings. The molecule has 0 aromatic carbocycles. The van der Waals surface area contributed by atoms with Crippen molar-refractivity contribution in [1.82, 2.24) is 25.1 Å². The van der Waals surface area contributed by atoms with Gasteiger partial charge in [0.2, 0.25) is 0 Å². The van der Waals surface area contributed by atoms with Crippen LogP contribution in [0.1, 0.15) is 17.9 Å². The maximum atomic E-state index is 5.48. The maximum Gasteiger partial charge on any atom is 0.194 e. The molecule has 2 aliphatic heterocycles. The summed E-state index contributed by atoms with van der Waals surface area (Å²) in [7, 11) is 1.84. The van der Waals surface area contributed by atoms with Gasteiger partial charge in [0.1, 0.15) is 5.82 Å². The highest BCUT2D eigenvalue weighted by atomic mass is 127. The fourth-order valence-corrected chi connectivity index (χ4v) is 3.34. The molecule has 2 saturated heterocycles. The van der Waals surface area contributed by atoms with E-state index in [0.29, 0.717) is 6.54 Å². The van der Waals surface area contributed by atoms with Crippen molar-refractivity contribution >= 4 is 29.9 Å². The Hall–Kier alpha value is -1.00. The Morgan fingerprint density at radius 3 is 2.80 bits per heavy atom. The van der Waals surface area contributed by atoms with Crippen LogP contribution in [0.25, 0.3) is 0 Å². The minimum Gasteiger partial charge on any atom is -0.381 e. The van der Waals surface area contributed by atoms with Crippen LogP contribution >= 0.6 is 24.0 Å². The van der Waals surface area contributed by atoms with Gasteiger partial charge in [-0.15, -0.1) is 24.0 Å².